The van der Waals surface area contributed by atoms with E-state index in [0.29, 0.717) is 25.4 Å². The third kappa shape index (κ3) is 5.12. The second-order valence-electron chi connectivity index (χ2n) is 7.00. The highest BCUT2D eigenvalue weighted by Gasteiger charge is 2.27. The lowest BCUT2D eigenvalue weighted by Gasteiger charge is -2.34. The molecule has 5 nitrogen and oxygen atoms in total. The van der Waals surface area contributed by atoms with Gasteiger partial charge in [-0.3, -0.25) is 0 Å². The molecule has 1 fully saturated rings. The van der Waals surface area contributed by atoms with Crippen molar-refractivity contribution in [2.24, 2.45) is 5.92 Å². The standard InChI is InChI=1S/C18H23FN2O3/c1-18(2,3)24-17(22)21-8-4-5-13(11-21)12-23-15-7-6-14(10-20)16(19)9-15/h6-7,9,13H,4-5,8,11-12H2,1-3H3/t13-/m0/s1. The molecule has 1 aromatic carbocycles. The molecule has 1 amide bonds. The van der Waals surface area contributed by atoms with Crippen molar-refractivity contribution in [2.75, 3.05) is 19.7 Å². The first-order chi connectivity index (χ1) is 11.3. The van der Waals surface area contributed by atoms with E-state index in [1.54, 1.807) is 17.0 Å². The Balaban J connectivity index is 1.88. The van der Waals surface area contributed by atoms with E-state index in [4.69, 9.17) is 14.7 Å². The normalized spacial score (nSPS) is 18.0. The highest BCUT2D eigenvalue weighted by Crippen LogP contribution is 2.22. The van der Waals surface area contributed by atoms with Crippen LogP contribution in [-0.4, -0.2) is 36.3 Å². The predicted molar refractivity (Wildman–Crippen MR) is 87.1 cm³/mol. The fourth-order valence-electron chi connectivity index (χ4n) is 2.58. The summed E-state index contributed by atoms with van der Waals surface area (Å²) in [5, 5.41) is 8.72. The number of halogens is 1. The van der Waals surface area contributed by atoms with Crippen molar-refractivity contribution in [1.82, 2.24) is 4.90 Å². The van der Waals surface area contributed by atoms with Crippen molar-refractivity contribution in [3.8, 4) is 11.8 Å². The van der Waals surface area contributed by atoms with Gasteiger partial charge in [-0.25, -0.2) is 9.18 Å². The Labute approximate surface area is 142 Å². The molecule has 1 aliphatic rings. The van der Waals surface area contributed by atoms with E-state index in [1.165, 1.54) is 12.1 Å². The van der Waals surface area contributed by atoms with Gasteiger partial charge in [-0.2, -0.15) is 5.26 Å². The van der Waals surface area contributed by atoms with E-state index >= 15 is 0 Å². The Morgan fingerprint density at radius 1 is 1.46 bits per heavy atom. The van der Waals surface area contributed by atoms with Gasteiger partial charge in [0.05, 0.1) is 12.2 Å². The fraction of sp³-hybridized carbons (Fsp3) is 0.556. The average Bonchev–Trinajstić information content (AvgIpc) is 2.52. The number of ether oxygens (including phenoxy) is 2. The molecular formula is C18H23FN2O3. The zero-order valence-electron chi connectivity index (χ0n) is 14.3. The molecule has 1 atom stereocenters. The number of carbonyl (C=O) groups is 1. The fourth-order valence-corrected chi connectivity index (χ4v) is 2.58. The Kier molecular flexibility index (Phi) is 5.66. The Bertz CT molecular complexity index is 634. The minimum Gasteiger partial charge on any atom is -0.493 e. The van der Waals surface area contributed by atoms with E-state index in [-0.39, 0.29) is 17.6 Å². The number of nitrogens with zero attached hydrogens (tertiary/aromatic N) is 2. The monoisotopic (exact) mass is 334 g/mol. The van der Waals surface area contributed by atoms with Crippen molar-refractivity contribution in [3.63, 3.8) is 0 Å². The molecule has 2 rings (SSSR count). The Hall–Kier alpha value is -2.29. The van der Waals surface area contributed by atoms with Crippen LogP contribution in [0.5, 0.6) is 5.75 Å². The van der Waals surface area contributed by atoms with E-state index < -0.39 is 11.4 Å². The molecular weight excluding hydrogens is 311 g/mol. The lowest BCUT2D eigenvalue weighted by atomic mass is 9.99. The van der Waals surface area contributed by atoms with Crippen molar-refractivity contribution >= 4 is 6.09 Å². The summed E-state index contributed by atoms with van der Waals surface area (Å²) >= 11 is 0. The van der Waals surface area contributed by atoms with Crippen LogP contribution >= 0.6 is 0 Å². The van der Waals surface area contributed by atoms with Crippen molar-refractivity contribution in [3.05, 3.63) is 29.6 Å². The molecule has 0 N–H and O–H groups in total. The van der Waals surface area contributed by atoms with Crippen LogP contribution in [0, 0.1) is 23.1 Å². The average molecular weight is 334 g/mol. The minimum absolute atomic E-state index is 0.00360. The highest BCUT2D eigenvalue weighted by molar-refractivity contribution is 5.68. The van der Waals surface area contributed by atoms with Gasteiger partial charge in [0.2, 0.25) is 0 Å². The molecule has 0 unspecified atom stereocenters. The van der Waals surface area contributed by atoms with Gasteiger partial charge in [0.1, 0.15) is 23.2 Å². The molecule has 0 radical (unpaired) electrons. The molecule has 0 saturated carbocycles. The van der Waals surface area contributed by atoms with Gasteiger partial charge in [-0.1, -0.05) is 0 Å². The zero-order chi connectivity index (χ0) is 17.7. The molecule has 1 aliphatic heterocycles. The van der Waals surface area contributed by atoms with Crippen LogP contribution in [0.2, 0.25) is 0 Å². The third-order valence-electron chi connectivity index (χ3n) is 3.72. The second-order valence-corrected chi connectivity index (χ2v) is 7.00. The molecule has 0 aliphatic carbocycles. The molecule has 1 saturated heterocycles. The number of nitriles is 1. The summed E-state index contributed by atoms with van der Waals surface area (Å²) in [6, 6.07) is 5.97. The number of hydrogen-bond acceptors (Lipinski definition) is 4. The number of hydrogen-bond donors (Lipinski definition) is 0. The lowest BCUT2D eigenvalue weighted by Crippen LogP contribution is -2.44. The summed E-state index contributed by atoms with van der Waals surface area (Å²) < 4.78 is 24.6. The van der Waals surface area contributed by atoms with Gasteiger partial charge in [0.15, 0.2) is 0 Å². The Morgan fingerprint density at radius 3 is 2.83 bits per heavy atom. The van der Waals surface area contributed by atoms with Gasteiger partial charge in [-0.15, -0.1) is 0 Å². The van der Waals surface area contributed by atoms with Crippen molar-refractivity contribution in [1.29, 1.82) is 5.26 Å². The number of carbonyl (C=O) groups excluding carboxylic acids is 1. The molecule has 1 heterocycles. The predicted octanol–water partition coefficient (Wildman–Crippen LogP) is 3.72. The minimum atomic E-state index is -0.589. The highest BCUT2D eigenvalue weighted by atomic mass is 19.1. The summed E-state index contributed by atoms with van der Waals surface area (Å²) in [4.78, 5) is 13.8. The number of rotatable bonds is 3. The van der Waals surface area contributed by atoms with Gasteiger partial charge in [0, 0.05) is 25.1 Å². The van der Waals surface area contributed by atoms with Crippen molar-refractivity contribution < 1.29 is 18.7 Å². The summed E-state index contributed by atoms with van der Waals surface area (Å²) in [6.07, 6.45) is 1.52. The Morgan fingerprint density at radius 2 is 2.21 bits per heavy atom. The maximum Gasteiger partial charge on any atom is 0.410 e. The smallest absolute Gasteiger partial charge is 0.410 e. The van der Waals surface area contributed by atoms with Crippen LogP contribution in [0.4, 0.5) is 9.18 Å². The topological polar surface area (TPSA) is 62.6 Å². The van der Waals surface area contributed by atoms with Gasteiger partial charge in [0.25, 0.3) is 0 Å². The van der Waals surface area contributed by atoms with Crippen LogP contribution in [0.15, 0.2) is 18.2 Å². The molecule has 6 heteroatoms. The summed E-state index contributed by atoms with van der Waals surface area (Å²) in [5.41, 5.74) is -0.517. The van der Waals surface area contributed by atoms with Crippen LogP contribution in [0.1, 0.15) is 39.2 Å². The van der Waals surface area contributed by atoms with E-state index in [9.17, 15) is 9.18 Å². The van der Waals surface area contributed by atoms with E-state index in [2.05, 4.69) is 0 Å². The van der Waals surface area contributed by atoms with Gasteiger partial charge < -0.3 is 14.4 Å². The summed E-state index contributed by atoms with van der Waals surface area (Å²) in [5.74, 6) is -0.0279. The maximum atomic E-state index is 13.6. The zero-order valence-corrected chi connectivity index (χ0v) is 14.3. The molecule has 24 heavy (non-hydrogen) atoms. The van der Waals surface area contributed by atoms with E-state index in [0.717, 1.165) is 12.8 Å². The van der Waals surface area contributed by atoms with Crippen LogP contribution in [0.25, 0.3) is 0 Å². The number of amides is 1. The summed E-state index contributed by atoms with van der Waals surface area (Å²) in [6.45, 7) is 7.16. The summed E-state index contributed by atoms with van der Waals surface area (Å²) in [7, 11) is 0. The quantitative estimate of drug-likeness (QED) is 0.845. The van der Waals surface area contributed by atoms with Crippen LogP contribution < -0.4 is 4.74 Å². The third-order valence-corrected chi connectivity index (χ3v) is 3.72. The first-order valence-corrected chi connectivity index (χ1v) is 8.09. The molecule has 0 aromatic heterocycles. The number of likely N-dealkylation sites (tertiary alicyclic amines) is 1. The lowest BCUT2D eigenvalue weighted by molar-refractivity contribution is 0.0139. The molecule has 0 spiro atoms. The number of piperidine rings is 1. The largest absolute Gasteiger partial charge is 0.493 e. The van der Waals surface area contributed by atoms with Gasteiger partial charge in [-0.05, 0) is 45.7 Å². The molecule has 130 valence electrons. The number of benzene rings is 1. The van der Waals surface area contributed by atoms with Crippen LogP contribution in [-0.2, 0) is 4.74 Å². The SMILES string of the molecule is CC(C)(C)OC(=O)N1CCC[C@H](COc2ccc(C#N)c(F)c2)C1. The van der Waals surface area contributed by atoms with Crippen LogP contribution in [0.3, 0.4) is 0 Å². The van der Waals surface area contributed by atoms with E-state index in [1.807, 2.05) is 20.8 Å². The van der Waals surface area contributed by atoms with Gasteiger partial charge >= 0.3 is 6.09 Å². The van der Waals surface area contributed by atoms with Crippen molar-refractivity contribution in [2.45, 2.75) is 39.2 Å². The molecule has 0 bridgehead atoms. The first-order valence-electron chi connectivity index (χ1n) is 8.09. The first kappa shape index (κ1) is 18.1. The maximum absolute atomic E-state index is 13.6. The molecule has 1 aromatic rings. The second kappa shape index (κ2) is 7.52.